The molecule has 5 nitrogen and oxygen atoms in total. The summed E-state index contributed by atoms with van der Waals surface area (Å²) in [5.74, 6) is 0.169. The SMILES string of the molecule is Cc1cc(OC(=O)CN2C(=O)[C@@H]3[C@H]4C=C[C@@H]([C@@H]5C[C@@H]45)[C@H]3C2=O)cc(C)c1Cl. The minimum absolute atomic E-state index is 0.157. The molecule has 2 bridgehead atoms. The number of halogens is 1. The van der Waals surface area contributed by atoms with Crippen molar-refractivity contribution in [2.75, 3.05) is 6.54 Å². The molecule has 0 unspecified atom stereocenters. The predicted molar refractivity (Wildman–Crippen MR) is 98.0 cm³/mol. The lowest BCUT2D eigenvalue weighted by Crippen LogP contribution is -2.40. The Hall–Kier alpha value is -2.14. The number of nitrogens with zero attached hydrogens (tertiary/aromatic N) is 1. The number of hydrogen-bond acceptors (Lipinski definition) is 4. The molecule has 0 radical (unpaired) electrons. The summed E-state index contributed by atoms with van der Waals surface area (Å²) < 4.78 is 5.38. The van der Waals surface area contributed by atoms with E-state index >= 15 is 0 Å². The van der Waals surface area contributed by atoms with Crippen LogP contribution in [0.15, 0.2) is 24.3 Å². The highest BCUT2D eigenvalue weighted by atomic mass is 35.5. The zero-order valence-corrected chi connectivity index (χ0v) is 15.9. The van der Waals surface area contributed by atoms with Crippen LogP contribution in [0.4, 0.5) is 0 Å². The second kappa shape index (κ2) is 5.68. The summed E-state index contributed by atoms with van der Waals surface area (Å²) in [6.45, 7) is 3.33. The molecule has 2 amide bonds. The normalized spacial score (nSPS) is 35.3. The zero-order valence-electron chi connectivity index (χ0n) is 15.1. The van der Waals surface area contributed by atoms with Crippen LogP contribution >= 0.6 is 11.6 Å². The van der Waals surface area contributed by atoms with E-state index in [0.29, 0.717) is 22.6 Å². The van der Waals surface area contributed by atoms with Crippen molar-refractivity contribution in [3.63, 3.8) is 0 Å². The molecule has 6 rings (SSSR count). The van der Waals surface area contributed by atoms with Gasteiger partial charge in [-0.1, -0.05) is 23.8 Å². The van der Waals surface area contributed by atoms with E-state index in [0.717, 1.165) is 22.4 Å². The summed E-state index contributed by atoms with van der Waals surface area (Å²) in [5.41, 5.74) is 1.61. The van der Waals surface area contributed by atoms with Crippen LogP contribution in [0.25, 0.3) is 0 Å². The molecule has 0 spiro atoms. The average molecular weight is 386 g/mol. The van der Waals surface area contributed by atoms with E-state index in [-0.39, 0.29) is 42.0 Å². The minimum Gasteiger partial charge on any atom is -0.425 e. The predicted octanol–water partition coefficient (Wildman–Crippen LogP) is 2.92. The second-order valence-corrected chi connectivity index (χ2v) is 8.64. The molecule has 6 atom stereocenters. The number of esters is 1. The first-order valence-corrected chi connectivity index (χ1v) is 9.75. The third kappa shape index (κ3) is 2.40. The minimum atomic E-state index is -0.609. The number of carbonyl (C=O) groups excluding carboxylic acids is 3. The number of aryl methyl sites for hydroxylation is 2. The maximum atomic E-state index is 12.9. The van der Waals surface area contributed by atoms with Gasteiger partial charge in [0.15, 0.2) is 0 Å². The highest BCUT2D eigenvalue weighted by Crippen LogP contribution is 2.65. The van der Waals surface area contributed by atoms with Crippen molar-refractivity contribution < 1.29 is 19.1 Å². The third-order valence-electron chi connectivity index (χ3n) is 6.68. The van der Waals surface area contributed by atoms with Crippen LogP contribution in [0.5, 0.6) is 5.75 Å². The van der Waals surface area contributed by atoms with Crippen LogP contribution in [0.2, 0.25) is 5.02 Å². The van der Waals surface area contributed by atoms with Crippen molar-refractivity contribution in [2.24, 2.45) is 35.5 Å². The van der Waals surface area contributed by atoms with Crippen molar-refractivity contribution in [1.29, 1.82) is 0 Å². The number of likely N-dealkylation sites (tertiary alicyclic amines) is 1. The van der Waals surface area contributed by atoms with Gasteiger partial charge < -0.3 is 4.74 Å². The van der Waals surface area contributed by atoms with Gasteiger partial charge in [-0.15, -0.1) is 0 Å². The van der Waals surface area contributed by atoms with Gasteiger partial charge in [-0.25, -0.2) is 4.79 Å². The Balaban J connectivity index is 1.32. The summed E-state index contributed by atoms with van der Waals surface area (Å²) in [6.07, 6.45) is 5.35. The fourth-order valence-corrected chi connectivity index (χ4v) is 5.54. The van der Waals surface area contributed by atoms with Crippen LogP contribution in [-0.4, -0.2) is 29.2 Å². The van der Waals surface area contributed by atoms with Crippen molar-refractivity contribution in [1.82, 2.24) is 4.90 Å². The maximum Gasteiger partial charge on any atom is 0.331 e. The Labute approximate surface area is 162 Å². The van der Waals surface area contributed by atoms with Crippen LogP contribution < -0.4 is 4.74 Å². The lowest BCUT2D eigenvalue weighted by molar-refractivity contribution is -0.148. The molecule has 5 aliphatic rings. The van der Waals surface area contributed by atoms with Gasteiger partial charge in [-0.2, -0.15) is 0 Å². The average Bonchev–Trinajstić information content (AvgIpc) is 3.41. The largest absolute Gasteiger partial charge is 0.425 e. The van der Waals surface area contributed by atoms with Crippen molar-refractivity contribution in [2.45, 2.75) is 20.3 Å². The smallest absolute Gasteiger partial charge is 0.331 e. The molecule has 27 heavy (non-hydrogen) atoms. The Morgan fingerprint density at radius 1 is 1.07 bits per heavy atom. The zero-order chi connectivity index (χ0) is 19.0. The first-order chi connectivity index (χ1) is 12.9. The molecular formula is C21H20ClNO4. The highest BCUT2D eigenvalue weighted by molar-refractivity contribution is 6.32. The summed E-state index contributed by atoms with van der Waals surface area (Å²) in [4.78, 5) is 39.3. The first-order valence-electron chi connectivity index (χ1n) is 9.38. The van der Waals surface area contributed by atoms with E-state index in [1.54, 1.807) is 12.1 Å². The van der Waals surface area contributed by atoms with Crippen LogP contribution in [0, 0.1) is 49.4 Å². The standard InChI is InChI=1S/C21H20ClNO4/c1-9-5-11(6-10(2)19(9)22)27-16(24)8-23-20(25)17-12-3-4-13(15-7-14(12)15)18(17)21(23)26/h3-6,12-15,17-18H,7-8H2,1-2H3/t12-,13-,14-,15-,17+,18+/m0/s1. The molecule has 140 valence electrons. The number of amides is 2. The lowest BCUT2D eigenvalue weighted by Gasteiger charge is -2.37. The fraction of sp³-hybridized carbons (Fsp3) is 0.476. The van der Waals surface area contributed by atoms with Crippen molar-refractivity contribution >= 4 is 29.4 Å². The van der Waals surface area contributed by atoms with Gasteiger partial charge in [-0.3, -0.25) is 14.5 Å². The van der Waals surface area contributed by atoms with Gasteiger partial charge in [0.1, 0.15) is 12.3 Å². The maximum absolute atomic E-state index is 12.9. The van der Waals surface area contributed by atoms with Gasteiger partial charge in [0.25, 0.3) is 0 Å². The number of ether oxygens (including phenoxy) is 1. The van der Waals surface area contributed by atoms with Gasteiger partial charge >= 0.3 is 5.97 Å². The van der Waals surface area contributed by atoms with Gasteiger partial charge in [0.2, 0.25) is 11.8 Å². The topological polar surface area (TPSA) is 63.7 Å². The molecule has 6 heteroatoms. The van der Waals surface area contributed by atoms with E-state index < -0.39 is 5.97 Å². The molecule has 3 fully saturated rings. The molecule has 1 heterocycles. The van der Waals surface area contributed by atoms with E-state index in [9.17, 15) is 14.4 Å². The quantitative estimate of drug-likeness (QED) is 0.347. The van der Waals surface area contributed by atoms with Crippen LogP contribution in [0.3, 0.4) is 0 Å². The van der Waals surface area contributed by atoms with Gasteiger partial charge in [-0.05, 0) is 67.2 Å². The van der Waals surface area contributed by atoms with Gasteiger partial charge in [0, 0.05) is 5.02 Å². The summed E-state index contributed by atoms with van der Waals surface area (Å²) in [6, 6.07) is 3.36. The van der Waals surface area contributed by atoms with Crippen molar-refractivity contribution in [3.05, 3.63) is 40.4 Å². The lowest BCUT2D eigenvalue weighted by atomic mass is 9.63. The van der Waals surface area contributed by atoms with E-state index in [1.807, 2.05) is 13.8 Å². The summed E-state index contributed by atoms with van der Waals surface area (Å²) in [5, 5.41) is 0.630. The van der Waals surface area contributed by atoms with Gasteiger partial charge in [0.05, 0.1) is 11.8 Å². The molecule has 0 N–H and O–H groups in total. The highest BCUT2D eigenvalue weighted by Gasteiger charge is 2.67. The number of benzene rings is 1. The molecule has 2 saturated carbocycles. The Morgan fingerprint density at radius 3 is 2.11 bits per heavy atom. The first kappa shape index (κ1) is 17.0. The number of rotatable bonds is 3. The van der Waals surface area contributed by atoms with E-state index in [2.05, 4.69) is 12.2 Å². The van der Waals surface area contributed by atoms with Crippen molar-refractivity contribution in [3.8, 4) is 5.75 Å². The monoisotopic (exact) mass is 385 g/mol. The number of hydrogen-bond donors (Lipinski definition) is 0. The van der Waals surface area contributed by atoms with E-state index in [4.69, 9.17) is 16.3 Å². The number of imide groups is 1. The Kier molecular flexibility index (Phi) is 3.57. The number of carbonyl (C=O) groups is 3. The van der Waals surface area contributed by atoms with Crippen LogP contribution in [-0.2, 0) is 14.4 Å². The summed E-state index contributed by atoms with van der Waals surface area (Å²) in [7, 11) is 0. The molecule has 1 saturated heterocycles. The van der Waals surface area contributed by atoms with E-state index in [1.165, 1.54) is 0 Å². The molecule has 1 aromatic carbocycles. The second-order valence-electron chi connectivity index (χ2n) is 8.26. The Bertz CT molecular complexity index is 864. The fourth-order valence-electron chi connectivity index (χ4n) is 5.43. The molecular weight excluding hydrogens is 366 g/mol. The molecule has 1 aromatic rings. The molecule has 0 aromatic heterocycles. The molecule has 1 aliphatic heterocycles. The molecule has 4 aliphatic carbocycles. The Morgan fingerprint density at radius 2 is 1.59 bits per heavy atom. The third-order valence-corrected chi connectivity index (χ3v) is 7.28. The summed E-state index contributed by atoms with van der Waals surface area (Å²) >= 11 is 6.14. The van der Waals surface area contributed by atoms with Crippen LogP contribution in [0.1, 0.15) is 17.5 Å². The number of allylic oxidation sites excluding steroid dienone is 2.